The van der Waals surface area contributed by atoms with Crippen LogP contribution in [0.1, 0.15) is 5.56 Å². The SMILES string of the molecule is CN1C(=O)COc2c(NS(=O)(=O)c3ccc4c(c3)CC(=O)N4)cccc21. The molecule has 2 heterocycles. The number of sulfonamides is 1. The number of amides is 2. The number of anilines is 3. The van der Waals surface area contributed by atoms with E-state index in [2.05, 4.69) is 10.0 Å². The predicted molar refractivity (Wildman–Crippen MR) is 94.9 cm³/mol. The fraction of sp³-hybridized carbons (Fsp3) is 0.176. The first-order valence-electron chi connectivity index (χ1n) is 7.83. The van der Waals surface area contributed by atoms with Gasteiger partial charge in [-0.3, -0.25) is 14.3 Å². The van der Waals surface area contributed by atoms with E-state index in [0.29, 0.717) is 22.7 Å². The Labute approximate surface area is 149 Å². The molecule has 8 nitrogen and oxygen atoms in total. The van der Waals surface area contributed by atoms with Crippen molar-refractivity contribution in [1.82, 2.24) is 0 Å². The van der Waals surface area contributed by atoms with Gasteiger partial charge in [-0.2, -0.15) is 0 Å². The molecule has 2 N–H and O–H groups in total. The lowest BCUT2D eigenvalue weighted by molar-refractivity contribution is -0.121. The zero-order valence-electron chi connectivity index (χ0n) is 13.8. The highest BCUT2D eigenvalue weighted by molar-refractivity contribution is 7.92. The molecular weight excluding hydrogens is 358 g/mol. The van der Waals surface area contributed by atoms with Gasteiger partial charge in [0, 0.05) is 12.7 Å². The summed E-state index contributed by atoms with van der Waals surface area (Å²) in [4.78, 5) is 24.7. The molecule has 0 radical (unpaired) electrons. The van der Waals surface area contributed by atoms with Gasteiger partial charge in [0.15, 0.2) is 12.4 Å². The van der Waals surface area contributed by atoms with Gasteiger partial charge in [0.2, 0.25) is 5.91 Å². The third-order valence-electron chi connectivity index (χ3n) is 4.33. The smallest absolute Gasteiger partial charge is 0.264 e. The van der Waals surface area contributed by atoms with Crippen molar-refractivity contribution < 1.29 is 22.7 Å². The van der Waals surface area contributed by atoms with E-state index in [1.54, 1.807) is 31.3 Å². The second-order valence-corrected chi connectivity index (χ2v) is 7.73. The Bertz CT molecular complexity index is 1050. The number of nitrogens with one attached hydrogen (secondary N) is 2. The molecule has 2 aromatic rings. The average Bonchev–Trinajstić information content (AvgIpc) is 2.97. The Morgan fingerprint density at radius 2 is 2.00 bits per heavy atom. The van der Waals surface area contributed by atoms with Crippen LogP contribution in [-0.2, 0) is 26.0 Å². The van der Waals surface area contributed by atoms with E-state index in [1.807, 2.05) is 0 Å². The topological polar surface area (TPSA) is 105 Å². The van der Waals surface area contributed by atoms with E-state index < -0.39 is 10.0 Å². The Hall–Kier alpha value is -3.07. The molecule has 0 aliphatic carbocycles. The van der Waals surface area contributed by atoms with Gasteiger partial charge in [-0.15, -0.1) is 0 Å². The van der Waals surface area contributed by atoms with E-state index in [0.717, 1.165) is 0 Å². The first-order chi connectivity index (χ1) is 12.3. The van der Waals surface area contributed by atoms with Gasteiger partial charge in [0.25, 0.3) is 15.9 Å². The summed E-state index contributed by atoms with van der Waals surface area (Å²) < 4.78 is 33.5. The molecular formula is C17H15N3O5S. The molecule has 0 bridgehead atoms. The monoisotopic (exact) mass is 373 g/mol. The summed E-state index contributed by atoms with van der Waals surface area (Å²) in [5.74, 6) is -0.0785. The number of benzene rings is 2. The number of para-hydroxylation sites is 1. The van der Waals surface area contributed by atoms with Gasteiger partial charge in [-0.25, -0.2) is 8.42 Å². The molecule has 0 saturated carbocycles. The van der Waals surface area contributed by atoms with Crippen molar-refractivity contribution in [3.05, 3.63) is 42.0 Å². The highest BCUT2D eigenvalue weighted by Gasteiger charge is 2.27. The normalized spacial score (nSPS) is 15.8. The lowest BCUT2D eigenvalue weighted by Gasteiger charge is -2.27. The Morgan fingerprint density at radius 1 is 1.19 bits per heavy atom. The van der Waals surface area contributed by atoms with Gasteiger partial charge < -0.3 is 15.0 Å². The average molecular weight is 373 g/mol. The van der Waals surface area contributed by atoms with Crippen molar-refractivity contribution in [3.8, 4) is 5.75 Å². The van der Waals surface area contributed by atoms with Crippen LogP contribution in [0.5, 0.6) is 5.75 Å². The van der Waals surface area contributed by atoms with Gasteiger partial charge >= 0.3 is 0 Å². The van der Waals surface area contributed by atoms with Crippen LogP contribution < -0.4 is 19.7 Å². The lowest BCUT2D eigenvalue weighted by atomic mass is 10.2. The number of likely N-dealkylation sites (N-methyl/N-ethyl adjacent to an activating group) is 1. The van der Waals surface area contributed by atoms with Crippen LogP contribution in [0, 0.1) is 0 Å². The van der Waals surface area contributed by atoms with Crippen LogP contribution in [0.3, 0.4) is 0 Å². The third-order valence-corrected chi connectivity index (χ3v) is 5.69. The maximum atomic E-state index is 12.8. The first-order valence-corrected chi connectivity index (χ1v) is 9.31. The van der Waals surface area contributed by atoms with Gasteiger partial charge in [0.05, 0.1) is 22.7 Å². The zero-order chi connectivity index (χ0) is 18.5. The molecule has 2 amide bonds. The van der Waals surface area contributed by atoms with E-state index in [-0.39, 0.29) is 35.4 Å². The number of hydrogen-bond donors (Lipinski definition) is 2. The van der Waals surface area contributed by atoms with Crippen molar-refractivity contribution >= 4 is 38.9 Å². The maximum Gasteiger partial charge on any atom is 0.264 e. The number of carbonyl (C=O) groups is 2. The van der Waals surface area contributed by atoms with Crippen molar-refractivity contribution in [1.29, 1.82) is 0 Å². The zero-order valence-corrected chi connectivity index (χ0v) is 14.6. The Balaban J connectivity index is 1.69. The van der Waals surface area contributed by atoms with Gasteiger partial charge in [0.1, 0.15) is 0 Å². The largest absolute Gasteiger partial charge is 0.479 e. The minimum Gasteiger partial charge on any atom is -0.479 e. The fourth-order valence-corrected chi connectivity index (χ4v) is 4.08. The highest BCUT2D eigenvalue weighted by Crippen LogP contribution is 2.39. The van der Waals surface area contributed by atoms with E-state index in [9.17, 15) is 18.0 Å². The van der Waals surface area contributed by atoms with E-state index in [4.69, 9.17) is 4.74 Å². The third kappa shape index (κ3) is 2.66. The number of ether oxygens (including phenoxy) is 1. The minimum absolute atomic E-state index is 0.0468. The molecule has 0 unspecified atom stereocenters. The quantitative estimate of drug-likeness (QED) is 0.845. The predicted octanol–water partition coefficient (Wildman–Crippen LogP) is 1.34. The molecule has 2 aromatic carbocycles. The van der Waals surface area contributed by atoms with E-state index in [1.165, 1.54) is 17.0 Å². The summed E-state index contributed by atoms with van der Waals surface area (Å²) in [5.41, 5.74) is 1.99. The van der Waals surface area contributed by atoms with Crippen LogP contribution in [0.2, 0.25) is 0 Å². The molecule has 2 aliphatic heterocycles. The van der Waals surface area contributed by atoms with Crippen molar-refractivity contribution in [2.75, 3.05) is 28.6 Å². The standard InChI is InChI=1S/C17H15N3O5S/c1-20-14-4-2-3-13(17(14)25-9-16(20)22)19-26(23,24)11-5-6-12-10(7-11)8-15(21)18-12/h2-7,19H,8-9H2,1H3,(H,18,21). The Kier molecular flexibility index (Phi) is 3.62. The van der Waals surface area contributed by atoms with Crippen LogP contribution >= 0.6 is 0 Å². The molecule has 0 aromatic heterocycles. The molecule has 2 aliphatic rings. The summed E-state index contributed by atoms with van der Waals surface area (Å²) >= 11 is 0. The molecule has 0 fully saturated rings. The number of rotatable bonds is 3. The molecule has 9 heteroatoms. The maximum absolute atomic E-state index is 12.8. The van der Waals surface area contributed by atoms with Crippen molar-refractivity contribution in [2.45, 2.75) is 11.3 Å². The molecule has 4 rings (SSSR count). The highest BCUT2D eigenvalue weighted by atomic mass is 32.2. The Morgan fingerprint density at radius 3 is 2.81 bits per heavy atom. The van der Waals surface area contributed by atoms with E-state index >= 15 is 0 Å². The van der Waals surface area contributed by atoms with Crippen LogP contribution in [0.25, 0.3) is 0 Å². The second kappa shape index (κ2) is 5.73. The van der Waals surface area contributed by atoms with Crippen molar-refractivity contribution in [2.24, 2.45) is 0 Å². The van der Waals surface area contributed by atoms with Crippen LogP contribution in [0.4, 0.5) is 17.1 Å². The summed E-state index contributed by atoms with van der Waals surface area (Å²) in [6, 6.07) is 9.36. The summed E-state index contributed by atoms with van der Waals surface area (Å²) in [6.07, 6.45) is 0.148. The summed E-state index contributed by atoms with van der Waals surface area (Å²) in [6.45, 7) is -0.158. The van der Waals surface area contributed by atoms with Crippen molar-refractivity contribution in [3.63, 3.8) is 0 Å². The van der Waals surface area contributed by atoms with Crippen LogP contribution in [-0.4, -0.2) is 33.9 Å². The number of fused-ring (bicyclic) bond motifs is 2. The summed E-state index contributed by atoms with van der Waals surface area (Å²) in [5, 5.41) is 2.66. The molecule has 134 valence electrons. The molecule has 26 heavy (non-hydrogen) atoms. The summed E-state index contributed by atoms with van der Waals surface area (Å²) in [7, 11) is -2.29. The molecule has 0 spiro atoms. The number of nitrogens with zero attached hydrogens (tertiary/aromatic N) is 1. The molecule has 0 saturated heterocycles. The van der Waals surface area contributed by atoms with Crippen LogP contribution in [0.15, 0.2) is 41.3 Å². The minimum atomic E-state index is -3.89. The lowest BCUT2D eigenvalue weighted by Crippen LogP contribution is -2.35. The molecule has 0 atom stereocenters. The number of carbonyl (C=O) groups excluding carboxylic acids is 2. The van der Waals surface area contributed by atoms with Gasteiger partial charge in [-0.05, 0) is 35.9 Å². The number of hydrogen-bond acceptors (Lipinski definition) is 5. The second-order valence-electron chi connectivity index (χ2n) is 6.04. The first kappa shape index (κ1) is 16.4. The fourth-order valence-electron chi connectivity index (χ4n) is 2.96. The van der Waals surface area contributed by atoms with Gasteiger partial charge in [-0.1, -0.05) is 6.07 Å².